The number of piperazine rings is 1. The van der Waals surface area contributed by atoms with Gasteiger partial charge >= 0.3 is 5.97 Å². The summed E-state index contributed by atoms with van der Waals surface area (Å²) in [6.07, 6.45) is 6.44. The van der Waals surface area contributed by atoms with Crippen LogP contribution >= 0.6 is 0 Å². The highest BCUT2D eigenvalue weighted by molar-refractivity contribution is 5.72. The second kappa shape index (κ2) is 14.8. The standard InChI is InChI=1S/C28H44N6O2/c1-4-5-6-13-30-27-25(22(2)31-28(29)32-27)20-23-9-11-24(12-10-23)21-26(35)36-19-8-7-14-34-17-15-33(3)16-18-34/h9-12H,4-8,13-21H2,1-3H3,(H3,29,30,31,32). The largest absolute Gasteiger partial charge is 0.465 e. The van der Waals surface area contributed by atoms with Crippen LogP contribution in [0.2, 0.25) is 0 Å². The number of ether oxygens (including phenoxy) is 1. The van der Waals surface area contributed by atoms with Crippen molar-refractivity contribution in [2.45, 2.75) is 58.8 Å². The first-order valence-corrected chi connectivity index (χ1v) is 13.5. The molecule has 3 N–H and O–H groups in total. The van der Waals surface area contributed by atoms with Gasteiger partial charge in [-0.2, -0.15) is 4.98 Å². The van der Waals surface area contributed by atoms with Gasteiger partial charge in [0.25, 0.3) is 0 Å². The number of esters is 1. The molecule has 36 heavy (non-hydrogen) atoms. The van der Waals surface area contributed by atoms with Gasteiger partial charge in [0, 0.05) is 50.4 Å². The molecule has 0 saturated carbocycles. The van der Waals surface area contributed by atoms with E-state index in [0.717, 1.165) is 86.7 Å². The van der Waals surface area contributed by atoms with Crippen molar-refractivity contribution < 1.29 is 9.53 Å². The summed E-state index contributed by atoms with van der Waals surface area (Å²) in [5, 5.41) is 3.44. The van der Waals surface area contributed by atoms with E-state index in [1.807, 2.05) is 19.1 Å². The Balaban J connectivity index is 1.42. The third-order valence-electron chi connectivity index (χ3n) is 6.78. The van der Waals surface area contributed by atoms with Crippen molar-refractivity contribution in [3.63, 3.8) is 0 Å². The number of aryl methyl sites for hydroxylation is 1. The summed E-state index contributed by atoms with van der Waals surface area (Å²) in [5.74, 6) is 0.947. The molecule has 0 spiro atoms. The van der Waals surface area contributed by atoms with Crippen LogP contribution in [0.5, 0.6) is 0 Å². The number of nitrogens with zero attached hydrogens (tertiary/aromatic N) is 4. The summed E-state index contributed by atoms with van der Waals surface area (Å²) in [5.41, 5.74) is 9.95. The molecule has 0 unspecified atom stereocenters. The van der Waals surface area contributed by atoms with Crippen LogP contribution in [0.25, 0.3) is 0 Å². The van der Waals surface area contributed by atoms with E-state index in [-0.39, 0.29) is 5.97 Å². The van der Waals surface area contributed by atoms with E-state index in [9.17, 15) is 4.79 Å². The molecule has 0 radical (unpaired) electrons. The van der Waals surface area contributed by atoms with E-state index in [1.165, 1.54) is 12.8 Å². The molecular formula is C28H44N6O2. The Labute approximate surface area is 216 Å². The predicted octanol–water partition coefficient (Wildman–Crippen LogP) is 3.67. The highest BCUT2D eigenvalue weighted by Gasteiger charge is 2.14. The fourth-order valence-corrected chi connectivity index (χ4v) is 4.45. The number of nitrogens with one attached hydrogen (secondary N) is 1. The Kier molecular flexibility index (Phi) is 11.4. The van der Waals surface area contributed by atoms with Gasteiger partial charge in [0.05, 0.1) is 13.0 Å². The van der Waals surface area contributed by atoms with Gasteiger partial charge in [-0.1, -0.05) is 44.0 Å². The maximum atomic E-state index is 12.3. The van der Waals surface area contributed by atoms with Crippen LogP contribution in [0.15, 0.2) is 24.3 Å². The van der Waals surface area contributed by atoms with Crippen molar-refractivity contribution in [3.05, 3.63) is 46.6 Å². The molecule has 0 aliphatic carbocycles. The summed E-state index contributed by atoms with van der Waals surface area (Å²) in [6, 6.07) is 8.14. The van der Waals surface area contributed by atoms with Gasteiger partial charge in [0.15, 0.2) is 0 Å². The van der Waals surface area contributed by atoms with Crippen molar-refractivity contribution in [1.29, 1.82) is 0 Å². The van der Waals surface area contributed by atoms with E-state index in [0.29, 0.717) is 25.4 Å². The van der Waals surface area contributed by atoms with Crippen molar-refractivity contribution >= 4 is 17.7 Å². The van der Waals surface area contributed by atoms with E-state index in [4.69, 9.17) is 10.5 Å². The lowest BCUT2D eigenvalue weighted by molar-refractivity contribution is -0.142. The first kappa shape index (κ1) is 27.9. The number of carbonyl (C=O) groups is 1. The number of likely N-dealkylation sites (N-methyl/N-ethyl adjacent to an activating group) is 1. The highest BCUT2D eigenvalue weighted by atomic mass is 16.5. The number of benzene rings is 1. The zero-order valence-electron chi connectivity index (χ0n) is 22.4. The second-order valence-electron chi connectivity index (χ2n) is 9.87. The minimum absolute atomic E-state index is 0.163. The van der Waals surface area contributed by atoms with E-state index in [2.05, 4.69) is 51.2 Å². The van der Waals surface area contributed by atoms with Gasteiger partial charge in [-0.25, -0.2) is 4.98 Å². The predicted molar refractivity (Wildman–Crippen MR) is 146 cm³/mol. The maximum absolute atomic E-state index is 12.3. The topological polar surface area (TPSA) is 96.6 Å². The van der Waals surface area contributed by atoms with Crippen LogP contribution in [0.4, 0.5) is 11.8 Å². The van der Waals surface area contributed by atoms with E-state index in [1.54, 1.807) is 0 Å². The molecule has 2 heterocycles. The molecule has 8 nitrogen and oxygen atoms in total. The smallest absolute Gasteiger partial charge is 0.310 e. The van der Waals surface area contributed by atoms with Crippen LogP contribution in [0, 0.1) is 6.92 Å². The minimum Gasteiger partial charge on any atom is -0.465 e. The number of carbonyl (C=O) groups excluding carboxylic acids is 1. The van der Waals surface area contributed by atoms with Gasteiger partial charge in [-0.15, -0.1) is 0 Å². The Bertz CT molecular complexity index is 942. The molecule has 1 aromatic heterocycles. The maximum Gasteiger partial charge on any atom is 0.310 e. The quantitative estimate of drug-likeness (QED) is 0.302. The van der Waals surface area contributed by atoms with Gasteiger partial charge in [-0.05, 0) is 50.9 Å². The summed E-state index contributed by atoms with van der Waals surface area (Å²) in [4.78, 5) is 25.9. The Morgan fingerprint density at radius 3 is 2.47 bits per heavy atom. The van der Waals surface area contributed by atoms with Crippen LogP contribution in [-0.4, -0.2) is 78.7 Å². The molecule has 198 valence electrons. The third kappa shape index (κ3) is 9.39. The molecule has 0 amide bonds. The Morgan fingerprint density at radius 2 is 1.75 bits per heavy atom. The van der Waals surface area contributed by atoms with Crippen molar-refractivity contribution in [3.8, 4) is 0 Å². The number of nitrogen functional groups attached to an aromatic ring is 1. The van der Waals surface area contributed by atoms with Crippen molar-refractivity contribution in [2.75, 3.05) is 64.0 Å². The minimum atomic E-state index is -0.163. The van der Waals surface area contributed by atoms with Crippen LogP contribution in [-0.2, 0) is 22.4 Å². The van der Waals surface area contributed by atoms with Gasteiger partial charge in [0.1, 0.15) is 5.82 Å². The molecule has 8 heteroatoms. The van der Waals surface area contributed by atoms with E-state index >= 15 is 0 Å². The van der Waals surface area contributed by atoms with Crippen molar-refractivity contribution in [2.24, 2.45) is 0 Å². The number of hydrogen-bond donors (Lipinski definition) is 2. The van der Waals surface area contributed by atoms with Crippen molar-refractivity contribution in [1.82, 2.24) is 19.8 Å². The van der Waals surface area contributed by atoms with Gasteiger partial charge in [-0.3, -0.25) is 4.79 Å². The molecule has 1 aliphatic rings. The van der Waals surface area contributed by atoms with Crippen LogP contribution in [0.3, 0.4) is 0 Å². The van der Waals surface area contributed by atoms with E-state index < -0.39 is 0 Å². The molecule has 0 bridgehead atoms. The number of unbranched alkanes of at least 4 members (excludes halogenated alkanes) is 3. The molecular weight excluding hydrogens is 452 g/mol. The zero-order valence-corrected chi connectivity index (χ0v) is 22.4. The normalized spacial score (nSPS) is 14.6. The van der Waals surface area contributed by atoms with Gasteiger partial charge in [0.2, 0.25) is 5.95 Å². The number of hydrogen-bond acceptors (Lipinski definition) is 8. The fraction of sp³-hybridized carbons (Fsp3) is 0.607. The molecule has 3 rings (SSSR count). The molecule has 1 aliphatic heterocycles. The lowest BCUT2D eigenvalue weighted by Gasteiger charge is -2.32. The lowest BCUT2D eigenvalue weighted by atomic mass is 10.0. The zero-order chi connectivity index (χ0) is 25.8. The average Bonchev–Trinajstić information content (AvgIpc) is 2.86. The lowest BCUT2D eigenvalue weighted by Crippen LogP contribution is -2.44. The average molecular weight is 497 g/mol. The summed E-state index contributed by atoms with van der Waals surface area (Å²) in [6.45, 7) is 11.2. The monoisotopic (exact) mass is 496 g/mol. The van der Waals surface area contributed by atoms with Gasteiger partial charge < -0.3 is 25.6 Å². The SMILES string of the molecule is CCCCCNc1nc(N)nc(C)c1Cc1ccc(CC(=O)OCCCCN2CCN(C)CC2)cc1. The number of nitrogens with two attached hydrogens (primary N) is 1. The number of anilines is 2. The Hall–Kier alpha value is -2.71. The fourth-order valence-electron chi connectivity index (χ4n) is 4.45. The summed E-state index contributed by atoms with van der Waals surface area (Å²) >= 11 is 0. The Morgan fingerprint density at radius 1 is 1.03 bits per heavy atom. The molecule has 1 aromatic carbocycles. The first-order chi connectivity index (χ1) is 17.4. The molecule has 1 fully saturated rings. The second-order valence-corrected chi connectivity index (χ2v) is 9.87. The molecule has 2 aromatic rings. The molecule has 0 atom stereocenters. The van der Waals surface area contributed by atoms with Crippen LogP contribution in [0.1, 0.15) is 61.4 Å². The summed E-state index contributed by atoms with van der Waals surface area (Å²) in [7, 11) is 2.17. The number of aromatic nitrogens is 2. The summed E-state index contributed by atoms with van der Waals surface area (Å²) < 4.78 is 5.47. The number of rotatable bonds is 14. The van der Waals surface area contributed by atoms with Crippen LogP contribution < -0.4 is 11.1 Å². The highest BCUT2D eigenvalue weighted by Crippen LogP contribution is 2.22. The third-order valence-corrected chi connectivity index (χ3v) is 6.78. The first-order valence-electron chi connectivity index (χ1n) is 13.5. The molecule has 1 saturated heterocycles.